The molecule has 16 heavy (non-hydrogen) atoms. The third-order valence-corrected chi connectivity index (χ3v) is 3.05. The molecule has 0 atom stereocenters. The summed E-state index contributed by atoms with van der Waals surface area (Å²) in [5.41, 5.74) is 0. The van der Waals surface area contributed by atoms with Crippen LogP contribution in [0, 0.1) is 0 Å². The van der Waals surface area contributed by atoms with Crippen molar-refractivity contribution in [3.05, 3.63) is 0 Å². The average Bonchev–Trinajstić information content (AvgIpc) is 2.32. The maximum atomic E-state index is 5.63. The Kier molecular flexibility index (Phi) is 12.9. The van der Waals surface area contributed by atoms with Crippen LogP contribution in [0.5, 0.6) is 0 Å². The van der Waals surface area contributed by atoms with Crippen LogP contribution in [0.4, 0.5) is 0 Å². The molecule has 0 saturated heterocycles. The van der Waals surface area contributed by atoms with Gasteiger partial charge in [-0.05, 0) is 25.9 Å². The molecule has 0 spiro atoms. The van der Waals surface area contributed by atoms with E-state index in [-0.39, 0.29) is 0 Å². The first-order chi connectivity index (χ1) is 7.85. The van der Waals surface area contributed by atoms with E-state index < -0.39 is 0 Å². The molecule has 0 aliphatic rings. The lowest BCUT2D eigenvalue weighted by molar-refractivity contribution is 0.118. The van der Waals surface area contributed by atoms with Crippen molar-refractivity contribution in [1.29, 1.82) is 0 Å². The van der Waals surface area contributed by atoms with Crippen molar-refractivity contribution < 1.29 is 4.74 Å². The van der Waals surface area contributed by atoms with E-state index in [1.807, 2.05) is 0 Å². The number of hydrogen-bond acceptors (Lipinski definition) is 2. The van der Waals surface area contributed by atoms with Crippen LogP contribution in [0.1, 0.15) is 59.3 Å². The van der Waals surface area contributed by atoms with Gasteiger partial charge in [0, 0.05) is 19.8 Å². The zero-order valence-corrected chi connectivity index (χ0v) is 11.6. The highest BCUT2D eigenvalue weighted by Crippen LogP contribution is 2.02. The Balaban J connectivity index is 3.03. The van der Waals surface area contributed by atoms with E-state index >= 15 is 0 Å². The summed E-state index contributed by atoms with van der Waals surface area (Å²) in [6.07, 6.45) is 7.83. The molecule has 0 aromatic carbocycles. The van der Waals surface area contributed by atoms with Crippen molar-refractivity contribution in [3.8, 4) is 0 Å². The first-order valence-corrected chi connectivity index (χ1v) is 7.15. The van der Waals surface area contributed by atoms with Gasteiger partial charge in [-0.3, -0.25) is 0 Å². The zero-order valence-electron chi connectivity index (χ0n) is 11.6. The van der Waals surface area contributed by atoms with Crippen LogP contribution in [0.3, 0.4) is 0 Å². The predicted octanol–water partition coefficient (Wildman–Crippen LogP) is 3.71. The topological polar surface area (TPSA) is 12.5 Å². The van der Waals surface area contributed by atoms with Crippen molar-refractivity contribution >= 4 is 0 Å². The Morgan fingerprint density at radius 3 is 2.00 bits per heavy atom. The number of nitrogens with zero attached hydrogens (tertiary/aromatic N) is 1. The number of rotatable bonds is 12. The minimum absolute atomic E-state index is 0.935. The number of unbranched alkanes of at least 4 members (excludes halogenated alkanes) is 4. The van der Waals surface area contributed by atoms with Crippen LogP contribution >= 0.6 is 0 Å². The molecule has 0 unspecified atom stereocenters. The molecule has 0 amide bonds. The predicted molar refractivity (Wildman–Crippen MR) is 72.0 cm³/mol. The van der Waals surface area contributed by atoms with Crippen molar-refractivity contribution in [1.82, 2.24) is 4.90 Å². The summed E-state index contributed by atoms with van der Waals surface area (Å²) < 4.78 is 5.63. The molecule has 0 aromatic heterocycles. The fraction of sp³-hybridized carbons (Fsp3) is 1.00. The van der Waals surface area contributed by atoms with E-state index in [4.69, 9.17) is 4.74 Å². The van der Waals surface area contributed by atoms with Crippen molar-refractivity contribution in [2.75, 3.05) is 32.8 Å². The third-order valence-electron chi connectivity index (χ3n) is 3.05. The molecule has 0 N–H and O–H groups in total. The Hall–Kier alpha value is -0.0800. The molecule has 0 aliphatic carbocycles. The van der Waals surface area contributed by atoms with Gasteiger partial charge in [-0.25, -0.2) is 0 Å². The lowest BCUT2D eigenvalue weighted by atomic mass is 10.2. The van der Waals surface area contributed by atoms with Crippen LogP contribution < -0.4 is 0 Å². The van der Waals surface area contributed by atoms with Gasteiger partial charge < -0.3 is 9.64 Å². The summed E-state index contributed by atoms with van der Waals surface area (Å²) in [4.78, 5) is 2.45. The fourth-order valence-electron chi connectivity index (χ4n) is 1.84. The second kappa shape index (κ2) is 13.0. The van der Waals surface area contributed by atoms with Crippen LogP contribution in [-0.2, 0) is 4.74 Å². The quantitative estimate of drug-likeness (QED) is 0.473. The van der Waals surface area contributed by atoms with E-state index in [0.29, 0.717) is 0 Å². The van der Waals surface area contributed by atoms with E-state index in [2.05, 4.69) is 25.7 Å². The molecule has 0 heterocycles. The summed E-state index contributed by atoms with van der Waals surface area (Å²) in [6, 6.07) is 0. The first kappa shape index (κ1) is 15.9. The highest BCUT2D eigenvalue weighted by molar-refractivity contribution is 4.51. The summed E-state index contributed by atoms with van der Waals surface area (Å²) in [5.74, 6) is 0. The van der Waals surface area contributed by atoms with Crippen molar-refractivity contribution in [2.24, 2.45) is 0 Å². The van der Waals surface area contributed by atoms with E-state index in [1.54, 1.807) is 0 Å². The molecule has 0 aliphatic heterocycles. The van der Waals surface area contributed by atoms with Crippen molar-refractivity contribution in [2.45, 2.75) is 59.3 Å². The van der Waals surface area contributed by atoms with Crippen molar-refractivity contribution in [3.63, 3.8) is 0 Å². The fourth-order valence-corrected chi connectivity index (χ4v) is 1.84. The molecule has 0 fully saturated rings. The second-order valence-corrected chi connectivity index (χ2v) is 4.41. The average molecular weight is 229 g/mol. The lowest BCUT2D eigenvalue weighted by Gasteiger charge is -2.17. The summed E-state index contributed by atoms with van der Waals surface area (Å²) in [7, 11) is 0. The SMILES string of the molecule is CCCCCCCOCCCN(CC)CC. The molecule has 2 heteroatoms. The Bertz CT molecular complexity index is 124. The minimum atomic E-state index is 0.935. The normalized spacial score (nSPS) is 11.2. The van der Waals surface area contributed by atoms with Gasteiger partial charge >= 0.3 is 0 Å². The van der Waals surface area contributed by atoms with Gasteiger partial charge in [0.2, 0.25) is 0 Å². The third kappa shape index (κ3) is 10.4. The van der Waals surface area contributed by atoms with E-state index in [1.165, 1.54) is 45.1 Å². The molecule has 0 rings (SSSR count). The Morgan fingerprint density at radius 2 is 1.38 bits per heavy atom. The smallest absolute Gasteiger partial charge is 0.0478 e. The molecule has 0 aromatic rings. The van der Waals surface area contributed by atoms with Gasteiger partial charge in [-0.1, -0.05) is 46.5 Å². The molecular formula is C14H31NO. The van der Waals surface area contributed by atoms with Crippen LogP contribution in [0.25, 0.3) is 0 Å². The molecule has 0 saturated carbocycles. The Labute approximate surface area is 102 Å². The van der Waals surface area contributed by atoms with Gasteiger partial charge in [-0.15, -0.1) is 0 Å². The lowest BCUT2D eigenvalue weighted by Crippen LogP contribution is -2.24. The molecule has 0 radical (unpaired) electrons. The number of hydrogen-bond donors (Lipinski definition) is 0. The molecule has 0 bridgehead atoms. The minimum Gasteiger partial charge on any atom is -0.381 e. The van der Waals surface area contributed by atoms with Gasteiger partial charge in [0.05, 0.1) is 0 Å². The van der Waals surface area contributed by atoms with E-state index in [0.717, 1.165) is 26.3 Å². The van der Waals surface area contributed by atoms with E-state index in [9.17, 15) is 0 Å². The summed E-state index contributed by atoms with van der Waals surface area (Å²) in [5, 5.41) is 0. The van der Waals surface area contributed by atoms with Crippen LogP contribution in [0.2, 0.25) is 0 Å². The van der Waals surface area contributed by atoms with Gasteiger partial charge in [0.25, 0.3) is 0 Å². The monoisotopic (exact) mass is 229 g/mol. The van der Waals surface area contributed by atoms with Crippen LogP contribution in [0.15, 0.2) is 0 Å². The van der Waals surface area contributed by atoms with Gasteiger partial charge in [0.1, 0.15) is 0 Å². The maximum absolute atomic E-state index is 5.63. The summed E-state index contributed by atoms with van der Waals surface area (Å²) in [6.45, 7) is 12.1. The Morgan fingerprint density at radius 1 is 0.750 bits per heavy atom. The first-order valence-electron chi connectivity index (χ1n) is 7.15. The standard InChI is InChI=1S/C14H31NO/c1-4-7-8-9-10-13-16-14-11-12-15(5-2)6-3/h4-14H2,1-3H3. The second-order valence-electron chi connectivity index (χ2n) is 4.41. The highest BCUT2D eigenvalue weighted by atomic mass is 16.5. The molecule has 2 nitrogen and oxygen atoms in total. The van der Waals surface area contributed by atoms with Gasteiger partial charge in [-0.2, -0.15) is 0 Å². The highest BCUT2D eigenvalue weighted by Gasteiger charge is 1.97. The van der Waals surface area contributed by atoms with Gasteiger partial charge in [0.15, 0.2) is 0 Å². The molecular weight excluding hydrogens is 198 g/mol. The molecule has 98 valence electrons. The number of ether oxygens (including phenoxy) is 1. The summed E-state index contributed by atoms with van der Waals surface area (Å²) >= 11 is 0. The maximum Gasteiger partial charge on any atom is 0.0478 e. The largest absolute Gasteiger partial charge is 0.381 e. The van der Waals surface area contributed by atoms with Crippen LogP contribution in [-0.4, -0.2) is 37.7 Å². The zero-order chi connectivity index (χ0) is 12.1.